The van der Waals surface area contributed by atoms with Crippen molar-refractivity contribution >= 4 is 28.4 Å². The Kier molecular flexibility index (Phi) is 4.62. The largest absolute Gasteiger partial charge is 0.298 e. The summed E-state index contributed by atoms with van der Waals surface area (Å²) in [6.07, 6.45) is 4.48. The van der Waals surface area contributed by atoms with Crippen LogP contribution in [0.25, 0.3) is 10.9 Å². The highest BCUT2D eigenvalue weighted by atomic mass is 32.2. The van der Waals surface area contributed by atoms with E-state index in [1.54, 1.807) is 4.57 Å². The zero-order chi connectivity index (χ0) is 15.5. The van der Waals surface area contributed by atoms with Gasteiger partial charge in [0.05, 0.1) is 16.2 Å². The van der Waals surface area contributed by atoms with E-state index >= 15 is 0 Å². The molecule has 3 rings (SSSR count). The van der Waals surface area contributed by atoms with Gasteiger partial charge in [0.25, 0.3) is 5.56 Å². The van der Waals surface area contributed by atoms with E-state index in [-0.39, 0.29) is 10.8 Å². The molecule has 1 saturated carbocycles. The lowest BCUT2D eigenvalue weighted by molar-refractivity contribution is -0.119. The smallest absolute Gasteiger partial charge is 0.262 e. The zero-order valence-electron chi connectivity index (χ0n) is 12.7. The van der Waals surface area contributed by atoms with Gasteiger partial charge in [0, 0.05) is 13.0 Å². The maximum Gasteiger partial charge on any atom is 0.262 e. The van der Waals surface area contributed by atoms with Gasteiger partial charge in [-0.15, -0.1) is 0 Å². The number of thioether (sulfide) groups is 1. The normalized spacial score (nSPS) is 18.8. The van der Waals surface area contributed by atoms with Crippen LogP contribution < -0.4 is 5.56 Å². The van der Waals surface area contributed by atoms with E-state index in [0.717, 1.165) is 25.7 Å². The molecule has 0 unspecified atom stereocenters. The van der Waals surface area contributed by atoms with E-state index in [1.165, 1.54) is 11.8 Å². The highest BCUT2D eigenvalue weighted by Gasteiger charge is 2.25. The third kappa shape index (κ3) is 2.95. The molecule has 0 radical (unpaired) electrons. The lowest BCUT2D eigenvalue weighted by Crippen LogP contribution is -2.27. The lowest BCUT2D eigenvalue weighted by atomic mass is 9.99. The van der Waals surface area contributed by atoms with Gasteiger partial charge in [-0.2, -0.15) is 0 Å². The first-order valence-corrected chi connectivity index (χ1v) is 8.77. The molecule has 0 saturated heterocycles. The first-order chi connectivity index (χ1) is 10.7. The average molecular weight is 316 g/mol. The Morgan fingerprint density at radius 1 is 1.27 bits per heavy atom. The van der Waals surface area contributed by atoms with Crippen molar-refractivity contribution in [3.63, 3.8) is 0 Å². The van der Waals surface area contributed by atoms with E-state index in [4.69, 9.17) is 0 Å². The molecule has 1 fully saturated rings. The molecule has 0 spiro atoms. The van der Waals surface area contributed by atoms with Crippen LogP contribution in [0.2, 0.25) is 0 Å². The van der Waals surface area contributed by atoms with Crippen LogP contribution in [0, 0.1) is 0 Å². The molecule has 1 aliphatic carbocycles. The fraction of sp³-hybridized carbons (Fsp3) is 0.471. The minimum Gasteiger partial charge on any atom is -0.298 e. The van der Waals surface area contributed by atoms with Gasteiger partial charge in [0.2, 0.25) is 0 Å². The maximum atomic E-state index is 12.7. The number of ketones is 1. The molecule has 2 aromatic rings. The molecule has 116 valence electrons. The number of Topliss-reactive ketones (excluding diaryl/α,β-unsaturated/α-hetero) is 1. The SMILES string of the molecule is CCCn1c(S[C@H]2CCCCC2=O)nc2ccccc2c1=O. The second-order valence-electron chi connectivity index (χ2n) is 5.69. The number of carbonyl (C=O) groups is 1. The van der Waals surface area contributed by atoms with Crippen molar-refractivity contribution in [3.05, 3.63) is 34.6 Å². The van der Waals surface area contributed by atoms with Crippen molar-refractivity contribution < 1.29 is 4.79 Å². The topological polar surface area (TPSA) is 52.0 Å². The van der Waals surface area contributed by atoms with Gasteiger partial charge in [-0.3, -0.25) is 14.2 Å². The van der Waals surface area contributed by atoms with E-state index < -0.39 is 0 Å². The number of carbonyl (C=O) groups excluding carboxylic acids is 1. The summed E-state index contributed by atoms with van der Waals surface area (Å²) in [5.41, 5.74) is 0.712. The second-order valence-corrected chi connectivity index (χ2v) is 6.86. The molecule has 0 bridgehead atoms. The third-order valence-electron chi connectivity index (χ3n) is 4.02. The van der Waals surface area contributed by atoms with Crippen LogP contribution in [0.4, 0.5) is 0 Å². The van der Waals surface area contributed by atoms with Crippen LogP contribution in [-0.2, 0) is 11.3 Å². The van der Waals surface area contributed by atoms with Crippen molar-refractivity contribution in [1.82, 2.24) is 9.55 Å². The van der Waals surface area contributed by atoms with Crippen molar-refractivity contribution in [1.29, 1.82) is 0 Å². The van der Waals surface area contributed by atoms with Crippen molar-refractivity contribution in [3.8, 4) is 0 Å². The summed E-state index contributed by atoms with van der Waals surface area (Å²) in [6, 6.07) is 7.43. The summed E-state index contributed by atoms with van der Waals surface area (Å²) in [5.74, 6) is 0.293. The summed E-state index contributed by atoms with van der Waals surface area (Å²) in [5, 5.41) is 1.28. The van der Waals surface area contributed by atoms with E-state index in [0.29, 0.717) is 34.8 Å². The van der Waals surface area contributed by atoms with Gasteiger partial charge < -0.3 is 0 Å². The third-order valence-corrected chi connectivity index (χ3v) is 5.33. The van der Waals surface area contributed by atoms with Gasteiger partial charge in [-0.05, 0) is 31.4 Å². The van der Waals surface area contributed by atoms with E-state index in [2.05, 4.69) is 4.98 Å². The Bertz CT molecular complexity index is 754. The Balaban J connectivity index is 2.04. The highest BCUT2D eigenvalue weighted by Crippen LogP contribution is 2.30. The minimum absolute atomic E-state index is 0.00166. The molecule has 1 atom stereocenters. The Labute approximate surface area is 133 Å². The second kappa shape index (κ2) is 6.65. The fourth-order valence-electron chi connectivity index (χ4n) is 2.86. The summed E-state index contributed by atoms with van der Waals surface area (Å²) < 4.78 is 1.73. The number of benzene rings is 1. The summed E-state index contributed by atoms with van der Waals surface area (Å²) in [6.45, 7) is 2.68. The molecular weight excluding hydrogens is 296 g/mol. The number of fused-ring (bicyclic) bond motifs is 1. The zero-order valence-corrected chi connectivity index (χ0v) is 13.6. The molecule has 1 aromatic heterocycles. The van der Waals surface area contributed by atoms with Gasteiger partial charge in [-0.1, -0.05) is 37.2 Å². The number of aromatic nitrogens is 2. The summed E-state index contributed by atoms with van der Waals surface area (Å²) in [7, 11) is 0. The molecule has 1 aromatic carbocycles. The summed E-state index contributed by atoms with van der Waals surface area (Å²) in [4.78, 5) is 29.4. The number of rotatable bonds is 4. The van der Waals surface area contributed by atoms with Crippen LogP contribution in [-0.4, -0.2) is 20.6 Å². The fourth-order valence-corrected chi connectivity index (χ4v) is 4.10. The molecular formula is C17H20N2O2S. The molecule has 1 heterocycles. The molecule has 22 heavy (non-hydrogen) atoms. The molecule has 0 N–H and O–H groups in total. The Hall–Kier alpha value is -1.62. The van der Waals surface area contributed by atoms with Gasteiger partial charge >= 0.3 is 0 Å². The maximum absolute atomic E-state index is 12.7. The van der Waals surface area contributed by atoms with Crippen LogP contribution >= 0.6 is 11.8 Å². The number of hydrogen-bond donors (Lipinski definition) is 0. The number of hydrogen-bond acceptors (Lipinski definition) is 4. The number of para-hydroxylation sites is 1. The van der Waals surface area contributed by atoms with Gasteiger partial charge in [0.1, 0.15) is 5.78 Å². The van der Waals surface area contributed by atoms with Crippen molar-refractivity contribution in [2.75, 3.05) is 0 Å². The molecule has 5 heteroatoms. The first-order valence-electron chi connectivity index (χ1n) is 7.89. The van der Waals surface area contributed by atoms with Crippen molar-refractivity contribution in [2.24, 2.45) is 0 Å². The summed E-state index contributed by atoms with van der Waals surface area (Å²) >= 11 is 1.47. The standard InChI is InChI=1S/C17H20N2O2S/c1-2-11-19-16(21)12-7-3-4-8-13(12)18-17(19)22-15-10-6-5-9-14(15)20/h3-4,7-8,15H,2,5-6,9-11H2,1H3/t15-/m0/s1. The quantitative estimate of drug-likeness (QED) is 0.811. The average Bonchev–Trinajstić information content (AvgIpc) is 2.53. The Morgan fingerprint density at radius 3 is 2.86 bits per heavy atom. The Morgan fingerprint density at radius 2 is 2.09 bits per heavy atom. The van der Waals surface area contributed by atoms with Crippen LogP contribution in [0.3, 0.4) is 0 Å². The van der Waals surface area contributed by atoms with E-state index in [1.807, 2.05) is 31.2 Å². The van der Waals surface area contributed by atoms with Crippen LogP contribution in [0.15, 0.2) is 34.2 Å². The van der Waals surface area contributed by atoms with Crippen LogP contribution in [0.1, 0.15) is 39.0 Å². The molecule has 4 nitrogen and oxygen atoms in total. The predicted octanol–water partition coefficient (Wildman–Crippen LogP) is 3.41. The van der Waals surface area contributed by atoms with Crippen molar-refractivity contribution in [2.45, 2.75) is 56.0 Å². The van der Waals surface area contributed by atoms with Gasteiger partial charge in [-0.25, -0.2) is 4.98 Å². The van der Waals surface area contributed by atoms with Gasteiger partial charge in [0.15, 0.2) is 5.16 Å². The first kappa shape index (κ1) is 15.3. The monoisotopic (exact) mass is 316 g/mol. The predicted molar refractivity (Wildman–Crippen MR) is 89.4 cm³/mol. The van der Waals surface area contributed by atoms with E-state index in [9.17, 15) is 9.59 Å². The lowest BCUT2D eigenvalue weighted by Gasteiger charge is -2.21. The number of nitrogens with zero attached hydrogens (tertiary/aromatic N) is 2. The van der Waals surface area contributed by atoms with Crippen LogP contribution in [0.5, 0.6) is 0 Å². The molecule has 1 aliphatic rings. The molecule has 0 amide bonds. The highest BCUT2D eigenvalue weighted by molar-refractivity contribution is 8.00. The minimum atomic E-state index is -0.0510. The molecule has 0 aliphatic heterocycles.